The average molecular weight is 289 g/mol. The lowest BCUT2D eigenvalue weighted by atomic mass is 9.93. The number of aryl methyl sites for hydroxylation is 4. The fraction of sp³-hybridized carbons (Fsp3) is 0.444. The molecule has 1 aromatic heterocycles. The van der Waals surface area contributed by atoms with Gasteiger partial charge in [0.15, 0.2) is 0 Å². The zero-order chi connectivity index (χ0) is 15.6. The SMILES string of the molecule is CCCNC(c1cc(C)oc1C)c1c(C)cc(C)cc1F. The number of hydrogen-bond acceptors (Lipinski definition) is 2. The monoisotopic (exact) mass is 289 g/mol. The number of rotatable bonds is 5. The van der Waals surface area contributed by atoms with E-state index in [4.69, 9.17) is 4.42 Å². The molecule has 1 aromatic carbocycles. The van der Waals surface area contributed by atoms with Crippen LogP contribution < -0.4 is 5.32 Å². The van der Waals surface area contributed by atoms with E-state index in [9.17, 15) is 4.39 Å². The first-order chi connectivity index (χ1) is 9.93. The van der Waals surface area contributed by atoms with Gasteiger partial charge in [-0.05, 0) is 63.9 Å². The normalized spacial score (nSPS) is 12.7. The molecule has 1 unspecified atom stereocenters. The first-order valence-electron chi connectivity index (χ1n) is 7.51. The van der Waals surface area contributed by atoms with Crippen LogP contribution in [0, 0.1) is 33.5 Å². The molecule has 0 bridgehead atoms. The third-order valence-corrected chi connectivity index (χ3v) is 3.76. The first kappa shape index (κ1) is 15.8. The zero-order valence-electron chi connectivity index (χ0n) is 13.5. The summed E-state index contributed by atoms with van der Waals surface area (Å²) in [6.45, 7) is 10.7. The quantitative estimate of drug-likeness (QED) is 0.860. The summed E-state index contributed by atoms with van der Waals surface area (Å²) in [6, 6.07) is 5.47. The second-order valence-electron chi connectivity index (χ2n) is 5.73. The molecule has 0 saturated carbocycles. The van der Waals surface area contributed by atoms with Crippen LogP contribution in [0.25, 0.3) is 0 Å². The average Bonchev–Trinajstić information content (AvgIpc) is 2.71. The van der Waals surface area contributed by atoms with Gasteiger partial charge in [0.2, 0.25) is 0 Å². The van der Waals surface area contributed by atoms with E-state index < -0.39 is 0 Å². The molecule has 1 heterocycles. The molecule has 2 rings (SSSR count). The van der Waals surface area contributed by atoms with Crippen molar-refractivity contribution in [2.75, 3.05) is 6.54 Å². The Kier molecular flexibility index (Phi) is 4.84. The van der Waals surface area contributed by atoms with E-state index in [0.29, 0.717) is 0 Å². The van der Waals surface area contributed by atoms with E-state index in [1.807, 2.05) is 39.8 Å². The van der Waals surface area contributed by atoms with Crippen LogP contribution in [-0.2, 0) is 0 Å². The lowest BCUT2D eigenvalue weighted by molar-refractivity contribution is 0.489. The van der Waals surface area contributed by atoms with Gasteiger partial charge < -0.3 is 9.73 Å². The minimum absolute atomic E-state index is 0.153. The second kappa shape index (κ2) is 6.44. The predicted octanol–water partition coefficient (Wildman–Crippen LogP) is 4.74. The van der Waals surface area contributed by atoms with Crippen molar-refractivity contribution in [1.29, 1.82) is 0 Å². The van der Waals surface area contributed by atoms with Gasteiger partial charge in [-0.25, -0.2) is 4.39 Å². The van der Waals surface area contributed by atoms with Crippen LogP contribution in [0.4, 0.5) is 4.39 Å². The van der Waals surface area contributed by atoms with Crippen LogP contribution in [0.3, 0.4) is 0 Å². The molecule has 2 nitrogen and oxygen atoms in total. The van der Waals surface area contributed by atoms with Crippen molar-refractivity contribution in [3.63, 3.8) is 0 Å². The van der Waals surface area contributed by atoms with Crippen molar-refractivity contribution in [2.24, 2.45) is 0 Å². The third-order valence-electron chi connectivity index (χ3n) is 3.76. The van der Waals surface area contributed by atoms with Gasteiger partial charge in [-0.2, -0.15) is 0 Å². The Bertz CT molecular complexity index is 607. The van der Waals surface area contributed by atoms with Gasteiger partial charge in [0, 0.05) is 11.1 Å². The largest absolute Gasteiger partial charge is 0.466 e. The minimum atomic E-state index is -0.164. The molecule has 114 valence electrons. The Hall–Kier alpha value is -1.61. The van der Waals surface area contributed by atoms with Crippen LogP contribution in [0.1, 0.15) is 53.2 Å². The van der Waals surface area contributed by atoms with Crippen molar-refractivity contribution in [3.05, 3.63) is 57.8 Å². The van der Waals surface area contributed by atoms with Gasteiger partial charge in [-0.15, -0.1) is 0 Å². The van der Waals surface area contributed by atoms with Crippen molar-refractivity contribution in [1.82, 2.24) is 5.32 Å². The highest BCUT2D eigenvalue weighted by Crippen LogP contribution is 2.31. The standard InChI is InChI=1S/C18H24FNO/c1-6-7-20-18(15-10-13(4)21-14(15)5)17-12(3)8-11(2)9-16(17)19/h8-10,18,20H,6-7H2,1-5H3. The van der Waals surface area contributed by atoms with Gasteiger partial charge in [0.05, 0.1) is 6.04 Å². The first-order valence-corrected chi connectivity index (χ1v) is 7.51. The van der Waals surface area contributed by atoms with Gasteiger partial charge in [0.25, 0.3) is 0 Å². The summed E-state index contributed by atoms with van der Waals surface area (Å²) in [5.74, 6) is 1.55. The van der Waals surface area contributed by atoms with Crippen molar-refractivity contribution >= 4 is 0 Å². The van der Waals surface area contributed by atoms with E-state index in [2.05, 4.69) is 12.2 Å². The summed E-state index contributed by atoms with van der Waals surface area (Å²) < 4.78 is 20.2. The van der Waals surface area contributed by atoms with Crippen molar-refractivity contribution in [2.45, 2.75) is 47.1 Å². The van der Waals surface area contributed by atoms with E-state index in [-0.39, 0.29) is 11.9 Å². The van der Waals surface area contributed by atoms with Crippen LogP contribution in [-0.4, -0.2) is 6.54 Å². The molecule has 1 N–H and O–H groups in total. The van der Waals surface area contributed by atoms with Gasteiger partial charge in [-0.3, -0.25) is 0 Å². The maximum Gasteiger partial charge on any atom is 0.128 e. The Morgan fingerprint density at radius 1 is 1.14 bits per heavy atom. The lowest BCUT2D eigenvalue weighted by Gasteiger charge is -2.22. The predicted molar refractivity (Wildman–Crippen MR) is 84.2 cm³/mol. The Balaban J connectivity index is 2.53. The van der Waals surface area contributed by atoms with E-state index >= 15 is 0 Å². The highest BCUT2D eigenvalue weighted by atomic mass is 19.1. The molecule has 0 spiro atoms. The summed E-state index contributed by atoms with van der Waals surface area (Å²) in [6.07, 6.45) is 0.999. The van der Waals surface area contributed by atoms with Crippen LogP contribution in [0.15, 0.2) is 22.6 Å². The molecule has 0 amide bonds. The fourth-order valence-corrected chi connectivity index (χ4v) is 2.89. The van der Waals surface area contributed by atoms with Crippen LogP contribution >= 0.6 is 0 Å². The third kappa shape index (κ3) is 3.35. The van der Waals surface area contributed by atoms with Gasteiger partial charge in [-0.1, -0.05) is 13.0 Å². The minimum Gasteiger partial charge on any atom is -0.466 e. The van der Waals surface area contributed by atoms with E-state index in [1.54, 1.807) is 6.07 Å². The smallest absolute Gasteiger partial charge is 0.128 e. The van der Waals surface area contributed by atoms with Crippen molar-refractivity contribution < 1.29 is 8.81 Å². The highest BCUT2D eigenvalue weighted by Gasteiger charge is 2.23. The van der Waals surface area contributed by atoms with Gasteiger partial charge >= 0.3 is 0 Å². The topological polar surface area (TPSA) is 25.2 Å². The number of benzene rings is 1. The molecule has 3 heteroatoms. The van der Waals surface area contributed by atoms with E-state index in [0.717, 1.165) is 46.7 Å². The molecule has 0 aliphatic rings. The summed E-state index contributed by atoms with van der Waals surface area (Å²) in [7, 11) is 0. The maximum atomic E-state index is 14.5. The van der Waals surface area contributed by atoms with Crippen LogP contribution in [0.5, 0.6) is 0 Å². The molecule has 0 saturated heterocycles. The Morgan fingerprint density at radius 3 is 2.38 bits per heavy atom. The van der Waals surface area contributed by atoms with Gasteiger partial charge in [0.1, 0.15) is 17.3 Å². The molecule has 1 atom stereocenters. The zero-order valence-corrected chi connectivity index (χ0v) is 13.5. The summed E-state index contributed by atoms with van der Waals surface area (Å²) in [4.78, 5) is 0. The molecule has 0 fully saturated rings. The second-order valence-corrected chi connectivity index (χ2v) is 5.73. The molecular formula is C18H24FNO. The summed E-state index contributed by atoms with van der Waals surface area (Å²) >= 11 is 0. The number of furan rings is 1. The number of hydrogen-bond donors (Lipinski definition) is 1. The number of nitrogens with one attached hydrogen (secondary N) is 1. The summed E-state index contributed by atoms with van der Waals surface area (Å²) in [5, 5.41) is 3.46. The maximum absolute atomic E-state index is 14.5. The fourth-order valence-electron chi connectivity index (χ4n) is 2.89. The molecule has 0 aliphatic carbocycles. The molecule has 0 radical (unpaired) electrons. The van der Waals surface area contributed by atoms with E-state index in [1.165, 1.54) is 0 Å². The lowest BCUT2D eigenvalue weighted by Crippen LogP contribution is -2.25. The molecule has 2 aromatic rings. The Morgan fingerprint density at radius 2 is 1.86 bits per heavy atom. The molecular weight excluding hydrogens is 265 g/mol. The molecule has 0 aliphatic heterocycles. The number of halogens is 1. The van der Waals surface area contributed by atoms with Crippen LogP contribution in [0.2, 0.25) is 0 Å². The molecule has 21 heavy (non-hydrogen) atoms. The summed E-state index contributed by atoms with van der Waals surface area (Å²) in [5.41, 5.74) is 3.66. The highest BCUT2D eigenvalue weighted by molar-refractivity contribution is 5.41. The Labute approximate surface area is 126 Å². The van der Waals surface area contributed by atoms with Crippen molar-refractivity contribution in [3.8, 4) is 0 Å².